The first-order valence-corrected chi connectivity index (χ1v) is 4.81. The van der Waals surface area contributed by atoms with Crippen LogP contribution in [-0.4, -0.2) is 32.2 Å². The molecule has 0 aliphatic rings. The standard InChI is InChI=1S/C10H15N3O3/c1-12(6-7-16-2)9-5-3-4-8(11)10(9)13(14)15/h3-5H,6-7,11H2,1-2H3. The van der Waals surface area contributed by atoms with E-state index in [4.69, 9.17) is 10.5 Å². The van der Waals surface area contributed by atoms with E-state index in [9.17, 15) is 10.1 Å². The minimum Gasteiger partial charge on any atom is -0.393 e. The summed E-state index contributed by atoms with van der Waals surface area (Å²) in [5.41, 5.74) is 6.21. The molecule has 88 valence electrons. The van der Waals surface area contributed by atoms with Crippen LogP contribution in [0.25, 0.3) is 0 Å². The molecule has 16 heavy (non-hydrogen) atoms. The molecular weight excluding hydrogens is 210 g/mol. The number of hydrogen-bond donors (Lipinski definition) is 1. The Morgan fingerprint density at radius 3 is 2.81 bits per heavy atom. The van der Waals surface area contributed by atoms with Gasteiger partial charge in [-0.25, -0.2) is 0 Å². The Labute approximate surface area is 93.8 Å². The van der Waals surface area contributed by atoms with Gasteiger partial charge in [-0.2, -0.15) is 0 Å². The minimum absolute atomic E-state index is 0.0545. The summed E-state index contributed by atoms with van der Waals surface area (Å²) in [5.74, 6) is 0. The van der Waals surface area contributed by atoms with Gasteiger partial charge in [0.1, 0.15) is 11.4 Å². The SMILES string of the molecule is COCCN(C)c1cccc(N)c1[N+](=O)[O-]. The number of nitrogens with two attached hydrogens (primary N) is 1. The van der Waals surface area contributed by atoms with Crippen LogP contribution in [0.1, 0.15) is 0 Å². The fraction of sp³-hybridized carbons (Fsp3) is 0.400. The summed E-state index contributed by atoms with van der Waals surface area (Å²) < 4.78 is 4.92. The van der Waals surface area contributed by atoms with Gasteiger partial charge < -0.3 is 15.4 Å². The molecule has 0 spiro atoms. The number of nitrogens with zero attached hydrogens (tertiary/aromatic N) is 2. The first-order chi connectivity index (χ1) is 7.57. The number of anilines is 2. The van der Waals surface area contributed by atoms with E-state index in [2.05, 4.69) is 0 Å². The highest BCUT2D eigenvalue weighted by atomic mass is 16.6. The zero-order chi connectivity index (χ0) is 12.1. The van der Waals surface area contributed by atoms with E-state index >= 15 is 0 Å². The molecule has 6 heteroatoms. The molecular formula is C10H15N3O3. The van der Waals surface area contributed by atoms with Crippen molar-refractivity contribution in [1.29, 1.82) is 0 Å². The zero-order valence-corrected chi connectivity index (χ0v) is 9.34. The van der Waals surface area contributed by atoms with Gasteiger partial charge in [-0.05, 0) is 12.1 Å². The van der Waals surface area contributed by atoms with Crippen molar-refractivity contribution >= 4 is 17.1 Å². The topological polar surface area (TPSA) is 81.6 Å². The van der Waals surface area contributed by atoms with Crippen LogP contribution < -0.4 is 10.6 Å². The lowest BCUT2D eigenvalue weighted by Gasteiger charge is -2.18. The maximum Gasteiger partial charge on any atom is 0.315 e. The molecule has 1 aromatic rings. The van der Waals surface area contributed by atoms with Crippen LogP contribution in [0, 0.1) is 10.1 Å². The molecule has 0 radical (unpaired) electrons. The van der Waals surface area contributed by atoms with E-state index in [1.807, 2.05) is 0 Å². The van der Waals surface area contributed by atoms with Gasteiger partial charge in [0.15, 0.2) is 0 Å². The summed E-state index contributed by atoms with van der Waals surface area (Å²) in [6.45, 7) is 1.07. The second-order valence-corrected chi connectivity index (χ2v) is 3.39. The van der Waals surface area contributed by atoms with Crippen LogP contribution >= 0.6 is 0 Å². The molecule has 0 unspecified atom stereocenters. The Bertz CT molecular complexity index is 382. The summed E-state index contributed by atoms with van der Waals surface area (Å²) >= 11 is 0. The zero-order valence-electron chi connectivity index (χ0n) is 9.34. The Morgan fingerprint density at radius 2 is 2.25 bits per heavy atom. The monoisotopic (exact) mass is 225 g/mol. The molecule has 0 atom stereocenters. The number of likely N-dealkylation sites (N-methyl/N-ethyl adjacent to an activating group) is 1. The predicted octanol–water partition coefficient (Wildman–Crippen LogP) is 1.26. The molecule has 0 saturated carbocycles. The predicted molar refractivity (Wildman–Crippen MR) is 62.7 cm³/mol. The Morgan fingerprint density at radius 1 is 1.56 bits per heavy atom. The molecule has 0 amide bonds. The third-order valence-electron chi connectivity index (χ3n) is 2.27. The molecule has 6 nitrogen and oxygen atoms in total. The molecule has 1 rings (SSSR count). The molecule has 1 aromatic carbocycles. The van der Waals surface area contributed by atoms with Gasteiger partial charge in [-0.15, -0.1) is 0 Å². The maximum atomic E-state index is 10.9. The third-order valence-corrected chi connectivity index (χ3v) is 2.27. The molecule has 0 aliphatic carbocycles. The van der Waals surface area contributed by atoms with E-state index in [1.54, 1.807) is 31.2 Å². The van der Waals surface area contributed by atoms with Gasteiger partial charge in [-0.1, -0.05) is 6.07 Å². The van der Waals surface area contributed by atoms with Gasteiger partial charge in [0.2, 0.25) is 0 Å². The molecule has 2 N–H and O–H groups in total. The van der Waals surface area contributed by atoms with E-state index in [0.29, 0.717) is 18.8 Å². The van der Waals surface area contributed by atoms with Crippen LogP contribution in [0.5, 0.6) is 0 Å². The minimum atomic E-state index is -0.464. The Hall–Kier alpha value is -1.82. The largest absolute Gasteiger partial charge is 0.393 e. The Kier molecular flexibility index (Phi) is 4.07. The average Bonchev–Trinajstić information content (AvgIpc) is 2.24. The second-order valence-electron chi connectivity index (χ2n) is 3.39. The van der Waals surface area contributed by atoms with Crippen LogP contribution in [0.2, 0.25) is 0 Å². The van der Waals surface area contributed by atoms with E-state index in [1.165, 1.54) is 6.07 Å². The van der Waals surface area contributed by atoms with Crippen molar-refractivity contribution in [3.05, 3.63) is 28.3 Å². The van der Waals surface area contributed by atoms with Crippen molar-refractivity contribution in [2.45, 2.75) is 0 Å². The summed E-state index contributed by atoms with van der Waals surface area (Å²) in [5, 5.41) is 10.9. The third kappa shape index (κ3) is 2.60. The van der Waals surface area contributed by atoms with Crippen LogP contribution in [-0.2, 0) is 4.74 Å². The summed E-state index contributed by atoms with van der Waals surface area (Å²) in [7, 11) is 3.35. The molecule has 0 saturated heterocycles. The molecule has 0 fully saturated rings. The molecule has 0 aliphatic heterocycles. The number of hydrogen-bond acceptors (Lipinski definition) is 5. The van der Waals surface area contributed by atoms with E-state index in [0.717, 1.165) is 0 Å². The van der Waals surface area contributed by atoms with Crippen LogP contribution in [0.3, 0.4) is 0 Å². The number of methoxy groups -OCH3 is 1. The van der Waals surface area contributed by atoms with E-state index < -0.39 is 4.92 Å². The van der Waals surface area contributed by atoms with Crippen molar-refractivity contribution in [3.8, 4) is 0 Å². The molecule has 0 heterocycles. The molecule has 0 aromatic heterocycles. The van der Waals surface area contributed by atoms with Crippen molar-refractivity contribution in [2.75, 3.05) is 37.9 Å². The van der Waals surface area contributed by atoms with Crippen molar-refractivity contribution in [3.63, 3.8) is 0 Å². The number of benzene rings is 1. The average molecular weight is 225 g/mol. The first kappa shape index (κ1) is 12.3. The first-order valence-electron chi connectivity index (χ1n) is 4.81. The summed E-state index contributed by atoms with van der Waals surface area (Å²) in [6.07, 6.45) is 0. The lowest BCUT2D eigenvalue weighted by atomic mass is 10.2. The highest BCUT2D eigenvalue weighted by Gasteiger charge is 2.20. The van der Waals surface area contributed by atoms with Crippen LogP contribution in [0.4, 0.5) is 17.1 Å². The number of para-hydroxylation sites is 1. The number of nitrogen functional groups attached to an aromatic ring is 1. The number of rotatable bonds is 5. The maximum absolute atomic E-state index is 10.9. The van der Waals surface area contributed by atoms with Crippen molar-refractivity contribution in [2.24, 2.45) is 0 Å². The lowest BCUT2D eigenvalue weighted by molar-refractivity contribution is -0.383. The van der Waals surface area contributed by atoms with E-state index in [-0.39, 0.29) is 11.4 Å². The molecule has 0 bridgehead atoms. The van der Waals surface area contributed by atoms with Gasteiger partial charge in [0.05, 0.1) is 11.5 Å². The summed E-state index contributed by atoms with van der Waals surface area (Å²) in [4.78, 5) is 12.2. The highest BCUT2D eigenvalue weighted by molar-refractivity contribution is 5.75. The van der Waals surface area contributed by atoms with Gasteiger partial charge in [0.25, 0.3) is 0 Å². The lowest BCUT2D eigenvalue weighted by Crippen LogP contribution is -2.23. The smallest absolute Gasteiger partial charge is 0.315 e. The fourth-order valence-electron chi connectivity index (χ4n) is 1.40. The quantitative estimate of drug-likeness (QED) is 0.463. The van der Waals surface area contributed by atoms with Crippen molar-refractivity contribution in [1.82, 2.24) is 0 Å². The van der Waals surface area contributed by atoms with Crippen LogP contribution in [0.15, 0.2) is 18.2 Å². The number of ether oxygens (including phenoxy) is 1. The Balaban J connectivity index is 3.02. The van der Waals surface area contributed by atoms with Gasteiger partial charge >= 0.3 is 5.69 Å². The highest BCUT2D eigenvalue weighted by Crippen LogP contribution is 2.32. The number of nitro groups is 1. The number of nitro benzene ring substituents is 1. The summed E-state index contributed by atoms with van der Waals surface area (Å²) in [6, 6.07) is 4.89. The van der Waals surface area contributed by atoms with Gasteiger partial charge in [-0.3, -0.25) is 10.1 Å². The second kappa shape index (κ2) is 5.32. The van der Waals surface area contributed by atoms with Crippen molar-refractivity contribution < 1.29 is 9.66 Å². The fourth-order valence-corrected chi connectivity index (χ4v) is 1.40. The normalized spacial score (nSPS) is 10.1. The van der Waals surface area contributed by atoms with Gasteiger partial charge in [0, 0.05) is 20.7 Å².